The van der Waals surface area contributed by atoms with Crippen molar-refractivity contribution in [2.75, 3.05) is 25.1 Å². The minimum absolute atomic E-state index is 0.250. The first kappa shape index (κ1) is 19.1. The number of carboxylic acids is 1. The van der Waals surface area contributed by atoms with Gasteiger partial charge in [-0.15, -0.1) is 0 Å². The van der Waals surface area contributed by atoms with Crippen LogP contribution in [0.4, 0.5) is 4.79 Å². The number of amides is 2. The molecule has 2 amide bonds. The lowest BCUT2D eigenvalue weighted by atomic mass is 10.2. The van der Waals surface area contributed by atoms with Gasteiger partial charge in [0.15, 0.2) is 0 Å². The maximum atomic E-state index is 12.2. The zero-order valence-corrected chi connectivity index (χ0v) is 13.7. The van der Waals surface area contributed by atoms with Crippen molar-refractivity contribution in [3.05, 3.63) is 0 Å². The van der Waals surface area contributed by atoms with Gasteiger partial charge in [0.25, 0.3) is 0 Å². The molecule has 1 atom stereocenters. The van der Waals surface area contributed by atoms with E-state index in [-0.39, 0.29) is 6.03 Å². The Labute approximate surface area is 126 Å². The molecule has 0 rings (SSSR count). The number of unbranched alkanes of at least 4 members (excludes halogenated alkanes) is 2. The van der Waals surface area contributed by atoms with Crippen molar-refractivity contribution in [3.63, 3.8) is 0 Å². The van der Waals surface area contributed by atoms with Gasteiger partial charge in [0.1, 0.15) is 6.04 Å². The van der Waals surface area contributed by atoms with E-state index in [0.717, 1.165) is 31.4 Å². The van der Waals surface area contributed by atoms with Crippen LogP contribution >= 0.6 is 11.8 Å². The summed E-state index contributed by atoms with van der Waals surface area (Å²) in [7, 11) is 0. The summed E-state index contributed by atoms with van der Waals surface area (Å²) in [5, 5.41) is 11.8. The molecule has 0 heterocycles. The topological polar surface area (TPSA) is 69.6 Å². The van der Waals surface area contributed by atoms with E-state index in [1.54, 1.807) is 16.7 Å². The molecule has 0 unspecified atom stereocenters. The van der Waals surface area contributed by atoms with Gasteiger partial charge in [-0.3, -0.25) is 0 Å². The van der Waals surface area contributed by atoms with Gasteiger partial charge in [-0.2, -0.15) is 11.8 Å². The first-order chi connectivity index (χ1) is 9.56. The van der Waals surface area contributed by atoms with Crippen molar-refractivity contribution in [1.29, 1.82) is 0 Å². The van der Waals surface area contributed by atoms with E-state index in [4.69, 9.17) is 5.11 Å². The standard InChI is InChI=1S/C14H28N2O3S/c1-4-6-9-16(10-7-5-2)14(19)15-12(13(17)18)8-11-20-3/h12H,4-11H2,1-3H3,(H,15,19)(H,17,18)/t12-/m0/s1. The molecule has 0 radical (unpaired) electrons. The van der Waals surface area contributed by atoms with Crippen molar-refractivity contribution in [1.82, 2.24) is 10.2 Å². The average molecular weight is 304 g/mol. The Kier molecular flexibility index (Phi) is 11.3. The van der Waals surface area contributed by atoms with Gasteiger partial charge < -0.3 is 15.3 Å². The largest absolute Gasteiger partial charge is 0.480 e. The number of nitrogens with zero attached hydrogens (tertiary/aromatic N) is 1. The molecule has 2 N–H and O–H groups in total. The molecule has 6 heteroatoms. The third kappa shape index (κ3) is 8.30. The molecular formula is C14H28N2O3S. The molecule has 0 aromatic rings. The highest BCUT2D eigenvalue weighted by atomic mass is 32.2. The van der Waals surface area contributed by atoms with Crippen molar-refractivity contribution < 1.29 is 14.7 Å². The Hall–Kier alpha value is -0.910. The molecule has 0 aliphatic heterocycles. The van der Waals surface area contributed by atoms with E-state index < -0.39 is 12.0 Å². The van der Waals surface area contributed by atoms with Gasteiger partial charge in [-0.1, -0.05) is 26.7 Å². The first-order valence-electron chi connectivity index (χ1n) is 7.33. The van der Waals surface area contributed by atoms with Crippen molar-refractivity contribution in [2.24, 2.45) is 0 Å². The second-order valence-corrected chi connectivity index (χ2v) is 5.80. The summed E-state index contributed by atoms with van der Waals surface area (Å²) in [6, 6.07) is -1.04. The van der Waals surface area contributed by atoms with Crippen LogP contribution in [-0.4, -0.2) is 53.1 Å². The first-order valence-corrected chi connectivity index (χ1v) is 8.73. The van der Waals surface area contributed by atoms with Crippen LogP contribution in [0, 0.1) is 0 Å². The molecule has 0 aromatic heterocycles. The number of aliphatic carboxylic acids is 1. The van der Waals surface area contributed by atoms with Gasteiger partial charge >= 0.3 is 12.0 Å². The number of nitrogens with one attached hydrogen (secondary N) is 1. The van der Waals surface area contributed by atoms with E-state index >= 15 is 0 Å². The molecule has 0 fully saturated rings. The molecule has 5 nitrogen and oxygen atoms in total. The molecular weight excluding hydrogens is 276 g/mol. The Balaban J connectivity index is 4.47. The van der Waals surface area contributed by atoms with Crippen LogP contribution < -0.4 is 5.32 Å². The number of thioether (sulfide) groups is 1. The lowest BCUT2D eigenvalue weighted by Gasteiger charge is -2.25. The number of rotatable bonds is 11. The smallest absolute Gasteiger partial charge is 0.326 e. The number of hydrogen-bond acceptors (Lipinski definition) is 3. The van der Waals surface area contributed by atoms with E-state index in [9.17, 15) is 9.59 Å². The predicted octanol–water partition coefficient (Wildman–Crippen LogP) is 2.80. The fraction of sp³-hybridized carbons (Fsp3) is 0.857. The monoisotopic (exact) mass is 304 g/mol. The van der Waals surface area contributed by atoms with E-state index in [2.05, 4.69) is 19.2 Å². The van der Waals surface area contributed by atoms with Crippen LogP contribution in [0.25, 0.3) is 0 Å². The third-order valence-electron chi connectivity index (χ3n) is 3.06. The number of carbonyl (C=O) groups is 2. The van der Waals surface area contributed by atoms with Crippen LogP contribution in [0.1, 0.15) is 46.0 Å². The molecule has 0 aliphatic carbocycles. The second kappa shape index (κ2) is 11.9. The Morgan fingerprint density at radius 2 is 1.75 bits per heavy atom. The zero-order chi connectivity index (χ0) is 15.4. The summed E-state index contributed by atoms with van der Waals surface area (Å²) in [6.07, 6.45) is 6.31. The zero-order valence-electron chi connectivity index (χ0n) is 12.9. The fourth-order valence-corrected chi connectivity index (χ4v) is 2.22. The number of hydrogen-bond donors (Lipinski definition) is 2. The van der Waals surface area contributed by atoms with Crippen LogP contribution in [0.3, 0.4) is 0 Å². The minimum atomic E-state index is -0.960. The van der Waals surface area contributed by atoms with Gasteiger partial charge in [-0.25, -0.2) is 9.59 Å². The van der Waals surface area contributed by atoms with Gasteiger partial charge in [0, 0.05) is 13.1 Å². The van der Waals surface area contributed by atoms with E-state index in [0.29, 0.717) is 19.5 Å². The lowest BCUT2D eigenvalue weighted by Crippen LogP contribution is -2.48. The SMILES string of the molecule is CCCCN(CCCC)C(=O)N[C@@H](CCSC)C(=O)O. The highest BCUT2D eigenvalue weighted by molar-refractivity contribution is 7.98. The van der Waals surface area contributed by atoms with Crippen LogP contribution in [-0.2, 0) is 4.79 Å². The molecule has 0 aliphatic rings. The Morgan fingerprint density at radius 1 is 1.20 bits per heavy atom. The third-order valence-corrected chi connectivity index (χ3v) is 3.70. The molecule has 0 spiro atoms. The number of carbonyl (C=O) groups excluding carboxylic acids is 1. The molecule has 20 heavy (non-hydrogen) atoms. The summed E-state index contributed by atoms with van der Waals surface area (Å²) in [4.78, 5) is 25.1. The van der Waals surface area contributed by atoms with Crippen LogP contribution in [0.5, 0.6) is 0 Å². The summed E-state index contributed by atoms with van der Waals surface area (Å²) >= 11 is 1.58. The van der Waals surface area contributed by atoms with Crippen molar-refractivity contribution in [2.45, 2.75) is 52.0 Å². The average Bonchev–Trinajstić information content (AvgIpc) is 2.43. The Bertz CT molecular complexity index is 280. The van der Waals surface area contributed by atoms with Crippen LogP contribution in [0.15, 0.2) is 0 Å². The molecule has 0 bridgehead atoms. The summed E-state index contributed by atoms with van der Waals surface area (Å²) in [5.41, 5.74) is 0. The highest BCUT2D eigenvalue weighted by Crippen LogP contribution is 2.04. The number of urea groups is 1. The predicted molar refractivity (Wildman–Crippen MR) is 84.3 cm³/mol. The Morgan fingerprint density at radius 3 is 2.15 bits per heavy atom. The summed E-state index contributed by atoms with van der Waals surface area (Å²) in [5.74, 6) is -0.236. The van der Waals surface area contributed by atoms with Crippen LogP contribution in [0.2, 0.25) is 0 Å². The van der Waals surface area contributed by atoms with Gasteiger partial charge in [0.2, 0.25) is 0 Å². The maximum absolute atomic E-state index is 12.2. The number of carboxylic acid groups (broad SMARTS) is 1. The molecule has 0 saturated heterocycles. The van der Waals surface area contributed by atoms with Gasteiger partial charge in [0.05, 0.1) is 0 Å². The summed E-state index contributed by atoms with van der Waals surface area (Å²) in [6.45, 7) is 5.54. The molecule has 0 aromatic carbocycles. The van der Waals surface area contributed by atoms with E-state index in [1.165, 1.54) is 0 Å². The minimum Gasteiger partial charge on any atom is -0.480 e. The lowest BCUT2D eigenvalue weighted by molar-refractivity contribution is -0.139. The maximum Gasteiger partial charge on any atom is 0.326 e. The van der Waals surface area contributed by atoms with E-state index in [1.807, 2.05) is 6.26 Å². The quantitative estimate of drug-likeness (QED) is 0.616. The molecule has 118 valence electrons. The fourth-order valence-electron chi connectivity index (χ4n) is 1.75. The summed E-state index contributed by atoms with van der Waals surface area (Å²) < 4.78 is 0. The van der Waals surface area contributed by atoms with Crippen molar-refractivity contribution >= 4 is 23.8 Å². The normalized spacial score (nSPS) is 11.9. The highest BCUT2D eigenvalue weighted by Gasteiger charge is 2.22. The van der Waals surface area contributed by atoms with Gasteiger partial charge in [-0.05, 0) is 31.3 Å². The second-order valence-electron chi connectivity index (χ2n) is 4.82. The molecule has 0 saturated carbocycles. The van der Waals surface area contributed by atoms with Crippen molar-refractivity contribution in [3.8, 4) is 0 Å².